The van der Waals surface area contributed by atoms with Gasteiger partial charge in [-0.2, -0.15) is 0 Å². The van der Waals surface area contributed by atoms with Crippen molar-refractivity contribution in [1.29, 1.82) is 0 Å². The maximum absolute atomic E-state index is 12.9. The summed E-state index contributed by atoms with van der Waals surface area (Å²) in [5, 5.41) is 5.93. The third-order valence-corrected chi connectivity index (χ3v) is 7.42. The third-order valence-electron chi connectivity index (χ3n) is 6.42. The number of likely N-dealkylation sites (N-methyl/N-ethyl adjacent to an activating group) is 2. The molecule has 3 aromatic rings. The lowest BCUT2D eigenvalue weighted by Crippen LogP contribution is -2.44. The first kappa shape index (κ1) is 20.4. The molecule has 2 saturated heterocycles. The van der Waals surface area contributed by atoms with Crippen LogP contribution >= 0.6 is 11.3 Å². The van der Waals surface area contributed by atoms with Gasteiger partial charge in [-0.05, 0) is 39.7 Å². The van der Waals surface area contributed by atoms with Crippen molar-refractivity contribution in [2.75, 3.05) is 65.3 Å². The summed E-state index contributed by atoms with van der Waals surface area (Å²) in [5.41, 5.74) is 2.61. The van der Waals surface area contributed by atoms with E-state index in [0.717, 1.165) is 67.4 Å². The smallest absolute Gasteiger partial charge is 0.265 e. The molecule has 8 nitrogen and oxygen atoms in total. The monoisotopic (exact) mass is 440 g/mol. The zero-order valence-electron chi connectivity index (χ0n) is 18.2. The van der Waals surface area contributed by atoms with E-state index in [1.54, 1.807) is 6.20 Å². The molecule has 2 fully saturated rings. The Morgan fingerprint density at radius 1 is 1.19 bits per heavy atom. The fourth-order valence-corrected chi connectivity index (χ4v) is 5.21. The van der Waals surface area contributed by atoms with Crippen molar-refractivity contribution < 1.29 is 9.32 Å². The van der Waals surface area contributed by atoms with Gasteiger partial charge in [0.1, 0.15) is 15.6 Å². The number of rotatable bonds is 4. The maximum atomic E-state index is 12.9. The van der Waals surface area contributed by atoms with E-state index in [-0.39, 0.29) is 5.91 Å². The van der Waals surface area contributed by atoms with Gasteiger partial charge in [-0.15, -0.1) is 11.3 Å². The van der Waals surface area contributed by atoms with Crippen molar-refractivity contribution in [3.05, 3.63) is 29.3 Å². The van der Waals surface area contributed by atoms with E-state index in [0.29, 0.717) is 16.6 Å². The fourth-order valence-electron chi connectivity index (χ4n) is 4.33. The molecule has 1 aromatic carbocycles. The highest BCUT2D eigenvalue weighted by molar-refractivity contribution is 7.17. The highest BCUT2D eigenvalue weighted by Gasteiger charge is 2.29. The van der Waals surface area contributed by atoms with E-state index in [2.05, 4.69) is 64.2 Å². The number of likely N-dealkylation sites (tertiary alicyclic amines) is 1. The van der Waals surface area contributed by atoms with Gasteiger partial charge in [-0.1, -0.05) is 5.16 Å². The van der Waals surface area contributed by atoms with Crippen LogP contribution in [-0.2, 0) is 0 Å². The van der Waals surface area contributed by atoms with Gasteiger partial charge >= 0.3 is 0 Å². The van der Waals surface area contributed by atoms with Crippen LogP contribution in [-0.4, -0.2) is 97.2 Å². The molecule has 0 spiro atoms. The lowest BCUT2D eigenvalue weighted by atomic mass is 10.1. The van der Waals surface area contributed by atoms with Crippen molar-refractivity contribution in [2.24, 2.45) is 0 Å². The standard InChI is InChI=1S/C22H28N6O2S/c1-25(2)16-6-7-28(14-16)22(29)19-13-23-21(31-19)20-17-5-4-15(12-18(17)30-24-20)27-10-8-26(3)9-11-27/h4-5,12-13,16H,6-11,14H2,1-3H3. The predicted molar refractivity (Wildman–Crippen MR) is 123 cm³/mol. The van der Waals surface area contributed by atoms with Gasteiger partial charge in [-0.3, -0.25) is 4.79 Å². The number of benzene rings is 1. The summed E-state index contributed by atoms with van der Waals surface area (Å²) >= 11 is 1.39. The van der Waals surface area contributed by atoms with E-state index >= 15 is 0 Å². The van der Waals surface area contributed by atoms with Gasteiger partial charge < -0.3 is 24.1 Å². The van der Waals surface area contributed by atoms with Crippen molar-refractivity contribution in [1.82, 2.24) is 24.8 Å². The molecule has 0 bridgehead atoms. The molecule has 31 heavy (non-hydrogen) atoms. The van der Waals surface area contributed by atoms with Gasteiger partial charge in [0.15, 0.2) is 5.58 Å². The van der Waals surface area contributed by atoms with Gasteiger partial charge in [0.05, 0.1) is 11.6 Å². The van der Waals surface area contributed by atoms with Crippen molar-refractivity contribution in [3.8, 4) is 10.7 Å². The van der Waals surface area contributed by atoms with Crippen LogP contribution in [0.3, 0.4) is 0 Å². The highest BCUT2D eigenvalue weighted by Crippen LogP contribution is 2.34. The molecule has 0 N–H and O–H groups in total. The molecule has 2 aromatic heterocycles. The summed E-state index contributed by atoms with van der Waals surface area (Å²) < 4.78 is 5.64. The Morgan fingerprint density at radius 3 is 2.74 bits per heavy atom. The zero-order chi connectivity index (χ0) is 21.5. The molecule has 164 valence electrons. The number of hydrogen-bond acceptors (Lipinski definition) is 8. The third kappa shape index (κ3) is 3.93. The number of piperazine rings is 1. The molecule has 9 heteroatoms. The number of amides is 1. The van der Waals surface area contributed by atoms with E-state index in [9.17, 15) is 4.79 Å². The van der Waals surface area contributed by atoms with Crippen LogP contribution in [0.4, 0.5) is 5.69 Å². The van der Waals surface area contributed by atoms with Crippen LogP contribution < -0.4 is 4.90 Å². The van der Waals surface area contributed by atoms with Crippen LogP contribution in [0.1, 0.15) is 16.1 Å². The Balaban J connectivity index is 1.34. The number of fused-ring (bicyclic) bond motifs is 1. The predicted octanol–water partition coefficient (Wildman–Crippen LogP) is 2.48. The molecule has 0 saturated carbocycles. The van der Waals surface area contributed by atoms with Gasteiger partial charge in [0.25, 0.3) is 5.91 Å². The Kier molecular flexibility index (Phi) is 5.41. The van der Waals surface area contributed by atoms with Crippen molar-refractivity contribution in [2.45, 2.75) is 12.5 Å². The number of thiazole rings is 1. The van der Waals surface area contributed by atoms with Crippen molar-refractivity contribution >= 4 is 33.9 Å². The van der Waals surface area contributed by atoms with Crippen LogP contribution in [0.25, 0.3) is 21.7 Å². The minimum absolute atomic E-state index is 0.0539. The summed E-state index contributed by atoms with van der Waals surface area (Å²) in [5.74, 6) is 0.0539. The number of aromatic nitrogens is 2. The van der Waals surface area contributed by atoms with Gasteiger partial charge in [0.2, 0.25) is 0 Å². The minimum Gasteiger partial charge on any atom is -0.369 e. The first-order valence-corrected chi connectivity index (χ1v) is 11.6. The quantitative estimate of drug-likeness (QED) is 0.617. The molecule has 1 amide bonds. The SMILES string of the molecule is CN1CCN(c2ccc3c(-c4ncc(C(=O)N5CCC(N(C)C)C5)s4)noc3c2)CC1. The second-order valence-corrected chi connectivity index (χ2v) is 9.72. The molecule has 2 aliphatic rings. The second kappa shape index (κ2) is 8.22. The Labute approximate surface area is 186 Å². The molecule has 1 atom stereocenters. The largest absolute Gasteiger partial charge is 0.369 e. The fraction of sp³-hybridized carbons (Fsp3) is 0.500. The topological polar surface area (TPSA) is 69.0 Å². The van der Waals surface area contributed by atoms with E-state index in [1.165, 1.54) is 11.3 Å². The molecule has 2 aliphatic heterocycles. The summed E-state index contributed by atoms with van der Waals surface area (Å²) in [6.45, 7) is 5.68. The van der Waals surface area contributed by atoms with E-state index in [1.807, 2.05) is 4.90 Å². The molecular formula is C22H28N6O2S. The van der Waals surface area contributed by atoms with Crippen LogP contribution in [0.15, 0.2) is 28.9 Å². The number of hydrogen-bond donors (Lipinski definition) is 0. The highest BCUT2D eigenvalue weighted by atomic mass is 32.1. The number of carbonyl (C=O) groups is 1. The molecule has 0 aliphatic carbocycles. The molecule has 5 rings (SSSR count). The molecule has 4 heterocycles. The average molecular weight is 441 g/mol. The Bertz CT molecular complexity index is 1080. The minimum atomic E-state index is 0.0539. The first-order valence-electron chi connectivity index (χ1n) is 10.7. The second-order valence-electron chi connectivity index (χ2n) is 8.69. The first-order chi connectivity index (χ1) is 15.0. The normalized spacial score (nSPS) is 20.3. The van der Waals surface area contributed by atoms with E-state index in [4.69, 9.17) is 4.52 Å². The maximum Gasteiger partial charge on any atom is 0.265 e. The Hall–Kier alpha value is -2.49. The lowest BCUT2D eigenvalue weighted by molar-refractivity contribution is 0.0787. The van der Waals surface area contributed by atoms with Crippen molar-refractivity contribution in [3.63, 3.8) is 0 Å². The van der Waals surface area contributed by atoms with Crippen LogP contribution in [0, 0.1) is 0 Å². The Morgan fingerprint density at radius 2 is 2.00 bits per heavy atom. The van der Waals surface area contributed by atoms with Gasteiger partial charge in [-0.25, -0.2) is 4.98 Å². The van der Waals surface area contributed by atoms with E-state index < -0.39 is 0 Å². The summed E-state index contributed by atoms with van der Waals surface area (Å²) in [6.07, 6.45) is 2.68. The summed E-state index contributed by atoms with van der Waals surface area (Å²) in [6, 6.07) is 6.66. The molecule has 1 unspecified atom stereocenters. The number of carbonyl (C=O) groups excluding carboxylic acids is 1. The number of nitrogens with zero attached hydrogens (tertiary/aromatic N) is 6. The summed E-state index contributed by atoms with van der Waals surface area (Å²) in [4.78, 5) is 26.9. The molecular weight excluding hydrogens is 412 g/mol. The van der Waals surface area contributed by atoms with Crippen LogP contribution in [0.5, 0.6) is 0 Å². The zero-order valence-corrected chi connectivity index (χ0v) is 19.1. The van der Waals surface area contributed by atoms with Gasteiger partial charge in [0, 0.05) is 57.1 Å². The molecule has 0 radical (unpaired) electrons. The number of anilines is 1. The van der Waals surface area contributed by atoms with Crippen LogP contribution in [0.2, 0.25) is 0 Å². The summed E-state index contributed by atoms with van der Waals surface area (Å²) in [7, 11) is 6.28. The average Bonchev–Trinajstić information content (AvgIpc) is 3.52. The lowest BCUT2D eigenvalue weighted by Gasteiger charge is -2.33.